The van der Waals surface area contributed by atoms with Crippen LogP contribution in [0.25, 0.3) is 6.08 Å². The number of carboxylic acid groups (broad SMARTS) is 1. The van der Waals surface area contributed by atoms with Gasteiger partial charge in [-0.05, 0) is 42.3 Å². The fraction of sp³-hybridized carbons (Fsp3) is 0.500. The van der Waals surface area contributed by atoms with E-state index in [1.165, 1.54) is 11.3 Å². The average molecular weight is 307 g/mol. The molecule has 1 aromatic heterocycles. The van der Waals surface area contributed by atoms with E-state index in [4.69, 9.17) is 5.11 Å². The van der Waals surface area contributed by atoms with Crippen molar-refractivity contribution in [2.24, 2.45) is 5.41 Å². The van der Waals surface area contributed by atoms with Crippen molar-refractivity contribution in [2.75, 3.05) is 0 Å². The van der Waals surface area contributed by atoms with Crippen LogP contribution in [-0.4, -0.2) is 17.0 Å². The third-order valence-corrected chi connectivity index (χ3v) is 5.25. The Morgan fingerprint density at radius 3 is 2.76 bits per heavy atom. The number of amides is 1. The molecule has 1 aliphatic carbocycles. The van der Waals surface area contributed by atoms with Gasteiger partial charge in [-0.25, -0.2) is 4.79 Å². The van der Waals surface area contributed by atoms with Crippen LogP contribution in [0.5, 0.6) is 0 Å². The lowest BCUT2D eigenvalue weighted by atomic mass is 9.82. The normalized spacial score (nSPS) is 17.2. The standard InChI is InChI=1S/C16H21NO3S/c1-2-16(8-3-4-9-16)15(20)17-11-13-12(7-10-21-13)5-6-14(18)19/h5-7,10H,2-4,8-9,11H2,1H3,(H,17,20)(H,18,19)/b6-5+. The number of thiophene rings is 1. The molecule has 1 fully saturated rings. The number of rotatable bonds is 6. The molecule has 1 aromatic rings. The van der Waals surface area contributed by atoms with Gasteiger partial charge in [0.1, 0.15) is 0 Å². The maximum absolute atomic E-state index is 12.5. The van der Waals surface area contributed by atoms with Crippen LogP contribution in [0.2, 0.25) is 0 Å². The molecule has 0 spiro atoms. The summed E-state index contributed by atoms with van der Waals surface area (Å²) in [6.07, 6.45) is 7.80. The van der Waals surface area contributed by atoms with E-state index in [-0.39, 0.29) is 11.3 Å². The van der Waals surface area contributed by atoms with E-state index in [9.17, 15) is 9.59 Å². The summed E-state index contributed by atoms with van der Waals surface area (Å²) in [5.74, 6) is -0.823. The van der Waals surface area contributed by atoms with Crippen molar-refractivity contribution in [3.8, 4) is 0 Å². The van der Waals surface area contributed by atoms with Crippen LogP contribution in [0.15, 0.2) is 17.5 Å². The van der Waals surface area contributed by atoms with Crippen LogP contribution in [0.1, 0.15) is 49.5 Å². The predicted octanol–water partition coefficient (Wildman–Crippen LogP) is 3.43. The quantitative estimate of drug-likeness (QED) is 0.791. The summed E-state index contributed by atoms with van der Waals surface area (Å²) in [4.78, 5) is 24.0. The van der Waals surface area contributed by atoms with Gasteiger partial charge in [-0.1, -0.05) is 19.8 Å². The number of carbonyl (C=O) groups excluding carboxylic acids is 1. The van der Waals surface area contributed by atoms with E-state index in [1.807, 2.05) is 11.4 Å². The van der Waals surface area contributed by atoms with E-state index in [0.717, 1.165) is 48.6 Å². The zero-order valence-electron chi connectivity index (χ0n) is 12.2. The number of hydrogen-bond acceptors (Lipinski definition) is 3. The summed E-state index contributed by atoms with van der Waals surface area (Å²) in [6, 6.07) is 1.87. The highest BCUT2D eigenvalue weighted by atomic mass is 32.1. The van der Waals surface area contributed by atoms with E-state index >= 15 is 0 Å². The summed E-state index contributed by atoms with van der Waals surface area (Å²) in [5.41, 5.74) is 0.675. The second-order valence-electron chi connectivity index (χ2n) is 5.49. The molecule has 0 aromatic carbocycles. The fourth-order valence-electron chi connectivity index (χ4n) is 2.94. The van der Waals surface area contributed by atoms with E-state index in [0.29, 0.717) is 6.54 Å². The molecule has 114 valence electrons. The molecular formula is C16H21NO3S. The summed E-state index contributed by atoms with van der Waals surface area (Å²) in [6.45, 7) is 2.55. The first-order valence-corrected chi connectivity index (χ1v) is 8.21. The molecule has 2 N–H and O–H groups in total. The number of aliphatic carboxylic acids is 1. The predicted molar refractivity (Wildman–Crippen MR) is 84.0 cm³/mol. The minimum atomic E-state index is -0.966. The van der Waals surface area contributed by atoms with Gasteiger partial charge in [-0.3, -0.25) is 4.79 Å². The van der Waals surface area contributed by atoms with Gasteiger partial charge in [-0.2, -0.15) is 0 Å². The van der Waals surface area contributed by atoms with Crippen molar-refractivity contribution in [2.45, 2.75) is 45.6 Å². The third kappa shape index (κ3) is 3.73. The van der Waals surface area contributed by atoms with Gasteiger partial charge < -0.3 is 10.4 Å². The van der Waals surface area contributed by atoms with Crippen molar-refractivity contribution in [3.63, 3.8) is 0 Å². The van der Waals surface area contributed by atoms with E-state index in [2.05, 4.69) is 12.2 Å². The Morgan fingerprint density at radius 2 is 2.14 bits per heavy atom. The minimum Gasteiger partial charge on any atom is -0.478 e. The molecule has 21 heavy (non-hydrogen) atoms. The van der Waals surface area contributed by atoms with Crippen molar-refractivity contribution in [1.29, 1.82) is 0 Å². The number of hydrogen-bond donors (Lipinski definition) is 2. The summed E-state index contributed by atoms with van der Waals surface area (Å²) < 4.78 is 0. The molecule has 2 rings (SSSR count). The largest absolute Gasteiger partial charge is 0.478 e. The van der Waals surface area contributed by atoms with Crippen LogP contribution in [0.4, 0.5) is 0 Å². The van der Waals surface area contributed by atoms with Crippen LogP contribution < -0.4 is 5.32 Å². The lowest BCUT2D eigenvalue weighted by Crippen LogP contribution is -2.38. The van der Waals surface area contributed by atoms with Gasteiger partial charge in [0.2, 0.25) is 5.91 Å². The fourth-order valence-corrected chi connectivity index (χ4v) is 3.75. The van der Waals surface area contributed by atoms with E-state index < -0.39 is 5.97 Å². The first-order chi connectivity index (χ1) is 10.1. The molecule has 0 saturated heterocycles. The molecule has 5 heteroatoms. The molecule has 1 heterocycles. The SMILES string of the molecule is CCC1(C(=O)NCc2sccc2/C=C/C(=O)O)CCCC1. The van der Waals surface area contributed by atoms with Crippen LogP contribution in [0.3, 0.4) is 0 Å². The maximum atomic E-state index is 12.5. The van der Waals surface area contributed by atoms with Crippen molar-refractivity contribution < 1.29 is 14.7 Å². The first kappa shape index (κ1) is 15.8. The average Bonchev–Trinajstić information content (AvgIpc) is 3.12. The van der Waals surface area contributed by atoms with Crippen molar-refractivity contribution >= 4 is 29.3 Å². The van der Waals surface area contributed by atoms with Gasteiger partial charge in [0.05, 0.1) is 6.54 Å². The van der Waals surface area contributed by atoms with Gasteiger partial charge in [0.15, 0.2) is 0 Å². The van der Waals surface area contributed by atoms with Gasteiger partial charge in [0, 0.05) is 16.4 Å². The monoisotopic (exact) mass is 307 g/mol. The Bertz CT molecular complexity index is 541. The zero-order chi connectivity index (χ0) is 15.3. The lowest BCUT2D eigenvalue weighted by Gasteiger charge is -2.25. The summed E-state index contributed by atoms with van der Waals surface area (Å²) in [7, 11) is 0. The van der Waals surface area contributed by atoms with Crippen LogP contribution >= 0.6 is 11.3 Å². The van der Waals surface area contributed by atoms with Crippen LogP contribution in [-0.2, 0) is 16.1 Å². The minimum absolute atomic E-state index is 0.143. The number of nitrogens with one attached hydrogen (secondary N) is 1. The Kier molecular flexibility index (Phi) is 5.17. The molecule has 1 aliphatic rings. The van der Waals surface area contributed by atoms with Gasteiger partial charge >= 0.3 is 5.97 Å². The van der Waals surface area contributed by atoms with Crippen molar-refractivity contribution in [3.05, 3.63) is 28.0 Å². The highest BCUT2D eigenvalue weighted by Gasteiger charge is 2.39. The smallest absolute Gasteiger partial charge is 0.328 e. The molecule has 4 nitrogen and oxygen atoms in total. The highest BCUT2D eigenvalue weighted by Crippen LogP contribution is 2.41. The molecule has 0 aliphatic heterocycles. The van der Waals surface area contributed by atoms with Gasteiger partial charge in [-0.15, -0.1) is 11.3 Å². The lowest BCUT2D eigenvalue weighted by molar-refractivity contribution is -0.132. The maximum Gasteiger partial charge on any atom is 0.328 e. The number of carboxylic acids is 1. The Labute approximate surface area is 128 Å². The van der Waals surface area contributed by atoms with Gasteiger partial charge in [0.25, 0.3) is 0 Å². The summed E-state index contributed by atoms with van der Waals surface area (Å²) in [5, 5.41) is 13.6. The molecule has 1 amide bonds. The molecule has 0 atom stereocenters. The Morgan fingerprint density at radius 1 is 1.43 bits per heavy atom. The molecule has 0 bridgehead atoms. The van der Waals surface area contributed by atoms with Crippen LogP contribution in [0, 0.1) is 5.41 Å². The van der Waals surface area contributed by atoms with Crippen molar-refractivity contribution in [1.82, 2.24) is 5.32 Å². The molecular weight excluding hydrogens is 286 g/mol. The second-order valence-corrected chi connectivity index (χ2v) is 6.50. The Hall–Kier alpha value is -1.62. The summed E-state index contributed by atoms with van der Waals surface area (Å²) >= 11 is 1.53. The molecule has 1 saturated carbocycles. The Balaban J connectivity index is 1.98. The number of carbonyl (C=O) groups is 2. The molecule has 0 unspecified atom stereocenters. The van der Waals surface area contributed by atoms with E-state index in [1.54, 1.807) is 6.08 Å². The second kappa shape index (κ2) is 6.89. The molecule has 0 radical (unpaired) electrons. The zero-order valence-corrected chi connectivity index (χ0v) is 13.0. The first-order valence-electron chi connectivity index (χ1n) is 7.33. The third-order valence-electron chi connectivity index (χ3n) is 4.31. The highest BCUT2D eigenvalue weighted by molar-refractivity contribution is 7.10. The topological polar surface area (TPSA) is 66.4 Å².